The fourth-order valence-electron chi connectivity index (χ4n) is 3.22. The van der Waals surface area contributed by atoms with Crippen LogP contribution in [-0.2, 0) is 24.2 Å². The van der Waals surface area contributed by atoms with Crippen molar-refractivity contribution >= 4 is 9.78 Å². The van der Waals surface area contributed by atoms with Gasteiger partial charge in [-0.25, -0.2) is 0 Å². The van der Waals surface area contributed by atoms with E-state index in [0.717, 1.165) is 0 Å². The summed E-state index contributed by atoms with van der Waals surface area (Å²) >= 11 is 1.51. The van der Waals surface area contributed by atoms with Crippen LogP contribution in [-0.4, -0.2) is 3.71 Å². The van der Waals surface area contributed by atoms with Gasteiger partial charge in [0.05, 0.1) is 0 Å². The van der Waals surface area contributed by atoms with E-state index in [0.29, 0.717) is 5.92 Å². The third-order valence-electron chi connectivity index (χ3n) is 4.61. The molecule has 0 spiro atoms. The van der Waals surface area contributed by atoms with Gasteiger partial charge in [-0.3, -0.25) is 0 Å². The second-order valence-corrected chi connectivity index (χ2v) is 7.09. The van der Waals surface area contributed by atoms with Crippen LogP contribution in [0.25, 0.3) is 6.08 Å². The van der Waals surface area contributed by atoms with Gasteiger partial charge in [0.1, 0.15) is 0 Å². The molecule has 0 aliphatic heterocycles. The summed E-state index contributed by atoms with van der Waals surface area (Å²) in [6.07, 6.45) is 4.61. The van der Waals surface area contributed by atoms with E-state index >= 15 is 0 Å². The number of fused-ring (bicyclic) bond motifs is 1. The standard InChI is InChI=1S/C18H19.C2H4.Zr/c1-11-12(2)14(4)18(13(11)3)17-10-9-15-7-5-6-8-16(15)17;1-2;/h5-10,17H,1-4H3;1H,2H3;/q-1;;+2. The number of hydrogen-bond acceptors (Lipinski definition) is 0. The Bertz CT molecular complexity index is 661. The normalized spacial score (nSPS) is 15.5. The van der Waals surface area contributed by atoms with E-state index in [-0.39, 0.29) is 0 Å². The quantitative estimate of drug-likeness (QED) is 0.621. The van der Waals surface area contributed by atoms with Crippen LogP contribution in [0.3, 0.4) is 0 Å². The first-order valence-electron chi connectivity index (χ1n) is 7.48. The predicted octanol–water partition coefficient (Wildman–Crippen LogP) is 5.15. The summed E-state index contributed by atoms with van der Waals surface area (Å²) in [6, 6.07) is 8.73. The van der Waals surface area contributed by atoms with E-state index in [4.69, 9.17) is 0 Å². The zero-order valence-corrected chi connectivity index (χ0v) is 16.1. The predicted molar refractivity (Wildman–Crippen MR) is 90.0 cm³/mol. The molecule has 1 unspecified atom stereocenters. The van der Waals surface area contributed by atoms with Gasteiger partial charge in [0, 0.05) is 0 Å². The molecule has 0 bridgehead atoms. The molecule has 1 atom stereocenters. The summed E-state index contributed by atoms with van der Waals surface area (Å²) in [7, 11) is 0. The Hall–Kier alpha value is -0.937. The average molecular weight is 355 g/mol. The first-order chi connectivity index (χ1) is 10.0. The minimum absolute atomic E-state index is 0.452. The van der Waals surface area contributed by atoms with Crippen LogP contribution >= 0.6 is 0 Å². The molecule has 0 nitrogen and oxygen atoms in total. The topological polar surface area (TPSA) is 0 Å². The van der Waals surface area contributed by atoms with Crippen molar-refractivity contribution in [3.05, 3.63) is 69.3 Å². The van der Waals surface area contributed by atoms with Gasteiger partial charge in [0.25, 0.3) is 0 Å². The van der Waals surface area contributed by atoms with E-state index in [2.05, 4.69) is 67.8 Å². The second kappa shape index (κ2) is 6.88. The molecule has 2 aromatic rings. The first-order valence-corrected chi connectivity index (χ1v) is 8.90. The van der Waals surface area contributed by atoms with Crippen molar-refractivity contribution in [3.63, 3.8) is 0 Å². The van der Waals surface area contributed by atoms with E-state index in [1.54, 1.807) is 0 Å². The SMILES string of the molecule is C[CH]=[Zr+2].Cc1c(C)c(C)[c-](C2C=Cc3ccccc32)c1C. The Morgan fingerprint density at radius 3 is 2.10 bits per heavy atom. The summed E-state index contributed by atoms with van der Waals surface area (Å²) in [5, 5.41) is 0. The van der Waals surface area contributed by atoms with Crippen LogP contribution in [0.4, 0.5) is 0 Å². The number of rotatable bonds is 1. The van der Waals surface area contributed by atoms with Crippen LogP contribution in [0, 0.1) is 27.7 Å². The molecule has 0 amide bonds. The molecule has 21 heavy (non-hydrogen) atoms. The van der Waals surface area contributed by atoms with E-state index in [9.17, 15) is 0 Å². The minimum Gasteiger partial charge on any atom is -0.196 e. The van der Waals surface area contributed by atoms with Gasteiger partial charge in [0.2, 0.25) is 0 Å². The van der Waals surface area contributed by atoms with Crippen LogP contribution in [0.1, 0.15) is 51.8 Å². The fourth-order valence-corrected chi connectivity index (χ4v) is 3.22. The number of hydrogen-bond donors (Lipinski definition) is 0. The summed E-state index contributed by atoms with van der Waals surface area (Å²) in [6.45, 7) is 11.1. The van der Waals surface area contributed by atoms with Crippen LogP contribution in [0.5, 0.6) is 0 Å². The summed E-state index contributed by atoms with van der Waals surface area (Å²) in [5.74, 6) is 0.452. The van der Waals surface area contributed by atoms with Gasteiger partial charge in [-0.15, -0.1) is 5.56 Å². The molecule has 0 aromatic heterocycles. The molecule has 0 fully saturated rings. The molecular formula is C20H23Zr+. The van der Waals surface area contributed by atoms with Crippen molar-refractivity contribution < 1.29 is 24.2 Å². The first kappa shape index (κ1) is 16.4. The Morgan fingerprint density at radius 1 is 1.00 bits per heavy atom. The third kappa shape index (κ3) is 2.99. The Kier molecular flexibility index (Phi) is 5.39. The van der Waals surface area contributed by atoms with Crippen LogP contribution in [0.2, 0.25) is 0 Å². The summed E-state index contributed by atoms with van der Waals surface area (Å²) < 4.78 is 2.09. The molecule has 2 aromatic carbocycles. The molecule has 0 saturated carbocycles. The zero-order valence-electron chi connectivity index (χ0n) is 13.6. The van der Waals surface area contributed by atoms with Gasteiger partial charge < -0.3 is 0 Å². The zero-order chi connectivity index (χ0) is 15.6. The van der Waals surface area contributed by atoms with Gasteiger partial charge in [-0.2, -0.15) is 22.3 Å². The van der Waals surface area contributed by atoms with Crippen molar-refractivity contribution in [2.45, 2.75) is 40.5 Å². The van der Waals surface area contributed by atoms with E-state index < -0.39 is 0 Å². The molecule has 0 radical (unpaired) electrons. The van der Waals surface area contributed by atoms with Crippen molar-refractivity contribution in [2.75, 3.05) is 0 Å². The fraction of sp³-hybridized carbons (Fsp3) is 0.300. The largest absolute Gasteiger partial charge is 0.196 e. The van der Waals surface area contributed by atoms with Crippen LogP contribution in [0.15, 0.2) is 30.3 Å². The minimum atomic E-state index is 0.452. The molecule has 106 valence electrons. The maximum absolute atomic E-state index is 2.35. The molecule has 1 aliphatic carbocycles. The third-order valence-corrected chi connectivity index (χ3v) is 4.61. The monoisotopic (exact) mass is 353 g/mol. The molecule has 1 aliphatic rings. The molecule has 3 rings (SSSR count). The molecule has 0 heterocycles. The number of allylic oxidation sites excluding steroid dienone is 1. The van der Waals surface area contributed by atoms with Gasteiger partial charge in [0.15, 0.2) is 0 Å². The molecule has 0 N–H and O–H groups in total. The van der Waals surface area contributed by atoms with Gasteiger partial charge >= 0.3 is 34.9 Å². The maximum atomic E-state index is 2.35. The van der Waals surface area contributed by atoms with Crippen molar-refractivity contribution in [1.82, 2.24) is 0 Å². The average Bonchev–Trinajstić information content (AvgIpc) is 2.97. The van der Waals surface area contributed by atoms with E-state index in [1.807, 2.05) is 6.92 Å². The molecular weight excluding hydrogens is 331 g/mol. The van der Waals surface area contributed by atoms with E-state index in [1.165, 1.54) is 63.2 Å². The summed E-state index contributed by atoms with van der Waals surface area (Å²) in [4.78, 5) is 0. The van der Waals surface area contributed by atoms with Crippen molar-refractivity contribution in [2.24, 2.45) is 0 Å². The van der Waals surface area contributed by atoms with Gasteiger partial charge in [-0.1, -0.05) is 64.1 Å². The molecule has 1 heteroatoms. The van der Waals surface area contributed by atoms with Crippen LogP contribution < -0.4 is 0 Å². The maximum Gasteiger partial charge on any atom is -0.0168 e. The Balaban J connectivity index is 0.000000497. The van der Waals surface area contributed by atoms with Gasteiger partial charge in [-0.05, 0) is 17.0 Å². The molecule has 0 saturated heterocycles. The Labute approximate surface area is 143 Å². The van der Waals surface area contributed by atoms with Crippen molar-refractivity contribution in [1.29, 1.82) is 0 Å². The summed E-state index contributed by atoms with van der Waals surface area (Å²) in [5.41, 5.74) is 10.2. The number of benzene rings is 1. The Morgan fingerprint density at radius 2 is 1.52 bits per heavy atom. The van der Waals surface area contributed by atoms with Crippen molar-refractivity contribution in [3.8, 4) is 0 Å². The second-order valence-electron chi connectivity index (χ2n) is 5.67. The smallest absolute Gasteiger partial charge is 0.0168 e.